The van der Waals surface area contributed by atoms with Gasteiger partial charge in [0, 0.05) is 6.42 Å². The third-order valence-corrected chi connectivity index (χ3v) is 4.46. The van der Waals surface area contributed by atoms with Gasteiger partial charge in [0.15, 0.2) is 6.61 Å². The summed E-state index contributed by atoms with van der Waals surface area (Å²) in [6, 6.07) is 13.7. The first-order valence-corrected chi connectivity index (χ1v) is 8.13. The molecule has 5 nitrogen and oxygen atoms in total. The Bertz CT molecular complexity index is 878. The van der Waals surface area contributed by atoms with Gasteiger partial charge in [-0.3, -0.25) is 0 Å². The van der Waals surface area contributed by atoms with Gasteiger partial charge in [0.1, 0.15) is 17.2 Å². The van der Waals surface area contributed by atoms with Crippen LogP contribution in [0.3, 0.4) is 0 Å². The molecule has 0 bridgehead atoms. The van der Waals surface area contributed by atoms with Crippen molar-refractivity contribution in [2.24, 2.45) is 0 Å². The topological polar surface area (TPSA) is 68.4 Å². The first-order chi connectivity index (χ1) is 12.1. The van der Waals surface area contributed by atoms with Crippen LogP contribution in [0.1, 0.15) is 29.3 Å². The van der Waals surface area contributed by atoms with Gasteiger partial charge in [-0.1, -0.05) is 29.4 Å². The van der Waals surface area contributed by atoms with Crippen LogP contribution in [0.15, 0.2) is 53.1 Å². The molecular formula is C19H17FN2O3. The first-order valence-electron chi connectivity index (χ1n) is 8.13. The normalized spacial score (nSPS) is 19.4. The molecule has 0 fully saturated rings. The summed E-state index contributed by atoms with van der Waals surface area (Å²) in [5.41, 5.74) is 1.18. The van der Waals surface area contributed by atoms with E-state index in [1.54, 1.807) is 0 Å². The molecule has 0 saturated carbocycles. The van der Waals surface area contributed by atoms with Crippen LogP contribution in [-0.4, -0.2) is 15.2 Å². The molecule has 1 aliphatic rings. The zero-order valence-corrected chi connectivity index (χ0v) is 13.5. The van der Waals surface area contributed by atoms with Gasteiger partial charge >= 0.3 is 0 Å². The number of aliphatic hydroxyl groups is 1. The largest absolute Gasteiger partial charge is 0.485 e. The molecule has 0 amide bonds. The Kier molecular flexibility index (Phi) is 3.97. The molecule has 1 atom stereocenters. The summed E-state index contributed by atoms with van der Waals surface area (Å²) < 4.78 is 23.7. The van der Waals surface area contributed by atoms with E-state index in [0.717, 1.165) is 12.0 Å². The predicted molar refractivity (Wildman–Crippen MR) is 87.4 cm³/mol. The van der Waals surface area contributed by atoms with Gasteiger partial charge in [-0.15, -0.1) is 0 Å². The number of halogens is 1. The van der Waals surface area contributed by atoms with Crippen molar-refractivity contribution in [3.05, 3.63) is 77.2 Å². The lowest BCUT2D eigenvalue weighted by atomic mass is 9.80. The Morgan fingerprint density at radius 1 is 1.12 bits per heavy atom. The van der Waals surface area contributed by atoms with Crippen LogP contribution in [0.25, 0.3) is 0 Å². The highest BCUT2D eigenvalue weighted by atomic mass is 19.1. The molecular weight excluding hydrogens is 323 g/mol. The summed E-state index contributed by atoms with van der Waals surface area (Å²) in [4.78, 5) is 4.28. The van der Waals surface area contributed by atoms with Crippen molar-refractivity contribution in [2.75, 3.05) is 0 Å². The Labute approximate surface area is 144 Å². The highest BCUT2D eigenvalue weighted by Crippen LogP contribution is 2.35. The standard InChI is InChI=1S/C19H17FN2O3/c20-15-5-7-16(8-6-15)24-12-17-21-18(25-22-17)19(23)10-9-13-3-1-2-4-14(13)11-19/h1-8,23H,9-12H2/t19-/m1/s1. The van der Waals surface area contributed by atoms with Gasteiger partial charge in [-0.25, -0.2) is 4.39 Å². The lowest BCUT2D eigenvalue weighted by Gasteiger charge is -2.30. The zero-order valence-electron chi connectivity index (χ0n) is 13.5. The van der Waals surface area contributed by atoms with Gasteiger partial charge in [0.05, 0.1) is 0 Å². The van der Waals surface area contributed by atoms with Crippen LogP contribution < -0.4 is 4.74 Å². The van der Waals surface area contributed by atoms with Gasteiger partial charge in [-0.05, 0) is 48.2 Å². The first kappa shape index (κ1) is 15.8. The predicted octanol–water partition coefficient (Wildman–Crippen LogP) is 3.16. The van der Waals surface area contributed by atoms with Crippen LogP contribution >= 0.6 is 0 Å². The minimum Gasteiger partial charge on any atom is -0.485 e. The molecule has 4 rings (SSSR count). The summed E-state index contributed by atoms with van der Waals surface area (Å²) in [6.07, 6.45) is 1.74. The molecule has 1 aromatic heterocycles. The molecule has 25 heavy (non-hydrogen) atoms. The van der Waals surface area contributed by atoms with E-state index in [4.69, 9.17) is 9.26 Å². The summed E-state index contributed by atoms with van der Waals surface area (Å²) in [5, 5.41) is 14.8. The fourth-order valence-corrected chi connectivity index (χ4v) is 3.08. The molecule has 128 valence electrons. The van der Waals surface area contributed by atoms with E-state index in [9.17, 15) is 9.50 Å². The number of rotatable bonds is 4. The van der Waals surface area contributed by atoms with Crippen molar-refractivity contribution in [2.45, 2.75) is 31.5 Å². The fraction of sp³-hybridized carbons (Fsp3) is 0.263. The van der Waals surface area contributed by atoms with E-state index in [-0.39, 0.29) is 18.3 Å². The van der Waals surface area contributed by atoms with Crippen molar-refractivity contribution in [1.82, 2.24) is 10.1 Å². The molecule has 1 aliphatic carbocycles. The van der Waals surface area contributed by atoms with Gasteiger partial charge in [0.2, 0.25) is 5.82 Å². The van der Waals surface area contributed by atoms with Crippen LogP contribution in [0.2, 0.25) is 0 Å². The number of aryl methyl sites for hydroxylation is 1. The minimum absolute atomic E-state index is 0.0851. The van der Waals surface area contributed by atoms with Gasteiger partial charge in [-0.2, -0.15) is 4.98 Å². The number of nitrogens with zero attached hydrogens (tertiary/aromatic N) is 2. The Hall–Kier alpha value is -2.73. The summed E-state index contributed by atoms with van der Waals surface area (Å²) in [7, 11) is 0. The fourth-order valence-electron chi connectivity index (χ4n) is 3.08. The Morgan fingerprint density at radius 2 is 1.88 bits per heavy atom. The summed E-state index contributed by atoms with van der Waals surface area (Å²) >= 11 is 0. The number of aromatic nitrogens is 2. The maximum atomic E-state index is 12.9. The van der Waals surface area contributed by atoms with Gasteiger partial charge < -0.3 is 14.4 Å². The van der Waals surface area contributed by atoms with Crippen molar-refractivity contribution in [3.8, 4) is 5.75 Å². The number of hydrogen-bond acceptors (Lipinski definition) is 5. The Morgan fingerprint density at radius 3 is 2.68 bits per heavy atom. The maximum Gasteiger partial charge on any atom is 0.259 e. The molecule has 1 heterocycles. The van der Waals surface area contributed by atoms with Gasteiger partial charge in [0.25, 0.3) is 5.89 Å². The number of fused-ring (bicyclic) bond motifs is 1. The van der Waals surface area contributed by atoms with E-state index in [0.29, 0.717) is 24.4 Å². The average molecular weight is 340 g/mol. The second-order valence-electron chi connectivity index (χ2n) is 6.24. The second-order valence-corrected chi connectivity index (χ2v) is 6.24. The second kappa shape index (κ2) is 6.29. The van der Waals surface area contributed by atoms with E-state index >= 15 is 0 Å². The SMILES string of the molecule is O[C@]1(c2nc(COc3ccc(F)cc3)no2)CCc2ccccc2C1. The highest BCUT2D eigenvalue weighted by molar-refractivity contribution is 5.32. The van der Waals surface area contributed by atoms with E-state index in [2.05, 4.69) is 16.2 Å². The average Bonchev–Trinajstić information content (AvgIpc) is 3.11. The maximum absolute atomic E-state index is 12.9. The molecule has 0 spiro atoms. The molecule has 1 N–H and O–H groups in total. The summed E-state index contributed by atoms with van der Waals surface area (Å²) in [6.45, 7) is 0.0851. The zero-order chi connectivity index (χ0) is 17.3. The molecule has 0 saturated heterocycles. The number of hydrogen-bond donors (Lipinski definition) is 1. The molecule has 0 aliphatic heterocycles. The molecule has 2 aromatic carbocycles. The lowest BCUT2D eigenvalue weighted by Crippen LogP contribution is -2.33. The van der Waals surface area contributed by atoms with Crippen molar-refractivity contribution in [3.63, 3.8) is 0 Å². The monoisotopic (exact) mass is 340 g/mol. The smallest absolute Gasteiger partial charge is 0.259 e. The van der Waals surface area contributed by atoms with E-state index in [1.165, 1.54) is 29.8 Å². The molecule has 6 heteroatoms. The number of ether oxygens (including phenoxy) is 1. The minimum atomic E-state index is -1.16. The third-order valence-electron chi connectivity index (χ3n) is 4.46. The molecule has 0 radical (unpaired) electrons. The summed E-state index contributed by atoms with van der Waals surface area (Å²) in [5.74, 6) is 0.735. The van der Waals surface area contributed by atoms with E-state index < -0.39 is 5.60 Å². The highest BCUT2D eigenvalue weighted by Gasteiger charge is 2.39. The van der Waals surface area contributed by atoms with Crippen LogP contribution in [0.5, 0.6) is 5.75 Å². The molecule has 3 aromatic rings. The van der Waals surface area contributed by atoms with Crippen molar-refractivity contribution in [1.29, 1.82) is 0 Å². The van der Waals surface area contributed by atoms with Crippen LogP contribution in [0, 0.1) is 5.82 Å². The van der Waals surface area contributed by atoms with Crippen molar-refractivity contribution < 1.29 is 18.8 Å². The van der Waals surface area contributed by atoms with Crippen LogP contribution in [-0.2, 0) is 25.0 Å². The Balaban J connectivity index is 1.46. The molecule has 0 unspecified atom stereocenters. The van der Waals surface area contributed by atoms with Crippen LogP contribution in [0.4, 0.5) is 4.39 Å². The third kappa shape index (κ3) is 3.25. The van der Waals surface area contributed by atoms with E-state index in [1.807, 2.05) is 18.2 Å². The quantitative estimate of drug-likeness (QED) is 0.790. The number of benzene rings is 2. The lowest BCUT2D eigenvalue weighted by molar-refractivity contribution is -0.00860. The van der Waals surface area contributed by atoms with Crippen molar-refractivity contribution >= 4 is 0 Å².